The van der Waals surface area contributed by atoms with Crippen LogP contribution in [0.25, 0.3) is 11.6 Å². The van der Waals surface area contributed by atoms with E-state index in [2.05, 4.69) is 92.5 Å². The number of para-hydroxylation sites is 1. The fraction of sp³-hybridized carbons (Fsp3) is 0.0909. The minimum Gasteiger partial charge on any atom is -0.480 e. The van der Waals surface area contributed by atoms with Gasteiger partial charge in [-0.1, -0.05) is 92.5 Å². The van der Waals surface area contributed by atoms with E-state index >= 15 is 0 Å². The molecule has 1 nitrogen and oxygen atoms in total. The molecule has 0 aromatic heterocycles. The maximum absolute atomic E-state index is 6.34. The van der Waals surface area contributed by atoms with Gasteiger partial charge in [0, 0.05) is 15.6 Å². The minimum atomic E-state index is -0.0969. The van der Waals surface area contributed by atoms with E-state index in [1.54, 1.807) is 0 Å². The third-order valence-corrected chi connectivity index (χ3v) is 4.57. The van der Waals surface area contributed by atoms with Crippen LogP contribution in [0.15, 0.2) is 83.3 Å². The molecule has 3 aromatic rings. The van der Waals surface area contributed by atoms with Crippen LogP contribution in [0.1, 0.15) is 22.8 Å². The van der Waals surface area contributed by atoms with Gasteiger partial charge in [-0.2, -0.15) is 0 Å². The van der Waals surface area contributed by atoms with Crippen LogP contribution >= 0.6 is 31.9 Å². The summed E-state index contributed by atoms with van der Waals surface area (Å²) in [7, 11) is 0. The van der Waals surface area contributed by atoms with Crippen molar-refractivity contribution in [3.63, 3.8) is 0 Å². The molecule has 3 heteroatoms. The van der Waals surface area contributed by atoms with Gasteiger partial charge in [-0.05, 0) is 41.2 Å². The summed E-state index contributed by atoms with van der Waals surface area (Å²) < 4.78 is 7.41. The average Bonchev–Trinajstić information content (AvgIpc) is 2.70. The Balaban J connectivity index is 0.000000880. The molecular weight excluding hydrogens is 440 g/mol. The number of rotatable bonds is 2. The van der Waals surface area contributed by atoms with Crippen molar-refractivity contribution in [1.82, 2.24) is 0 Å². The SMILES string of the molecule is Brc1ccc(C2Oc3ccccc3C=C2c2ccccc2)cc1.CBr. The zero-order valence-corrected chi connectivity index (χ0v) is 17.0. The summed E-state index contributed by atoms with van der Waals surface area (Å²) >= 11 is 6.44. The van der Waals surface area contributed by atoms with Gasteiger partial charge in [0.2, 0.25) is 0 Å². The molecule has 0 bridgehead atoms. The Kier molecular flexibility index (Phi) is 6.11. The Hall–Kier alpha value is -1.84. The highest BCUT2D eigenvalue weighted by atomic mass is 79.9. The molecule has 1 atom stereocenters. The maximum Gasteiger partial charge on any atom is 0.149 e. The Labute approximate surface area is 165 Å². The molecule has 1 aliphatic rings. The first-order valence-electron chi connectivity index (χ1n) is 7.97. The lowest BCUT2D eigenvalue weighted by atomic mass is 9.91. The van der Waals surface area contributed by atoms with Gasteiger partial charge in [0.1, 0.15) is 11.9 Å². The molecule has 0 spiro atoms. The van der Waals surface area contributed by atoms with Crippen LogP contribution in [0.2, 0.25) is 0 Å². The summed E-state index contributed by atoms with van der Waals surface area (Å²) in [5.41, 5.74) is 4.65. The molecule has 1 aliphatic heterocycles. The highest BCUT2D eigenvalue weighted by molar-refractivity contribution is 9.10. The van der Waals surface area contributed by atoms with Crippen LogP contribution < -0.4 is 4.74 Å². The first kappa shape index (κ1) is 18.0. The van der Waals surface area contributed by atoms with E-state index in [1.165, 1.54) is 11.1 Å². The van der Waals surface area contributed by atoms with Crippen LogP contribution in [0.3, 0.4) is 0 Å². The van der Waals surface area contributed by atoms with Crippen LogP contribution in [0, 0.1) is 0 Å². The standard InChI is InChI=1S/C21H15BrO.CH3Br/c22-18-12-10-16(11-13-18)21-19(15-6-2-1-3-7-15)14-17-8-4-5-9-20(17)23-21;1-2/h1-14,21H;1H3. The largest absolute Gasteiger partial charge is 0.480 e. The molecule has 0 aliphatic carbocycles. The second-order valence-electron chi connectivity index (χ2n) is 5.55. The Morgan fingerprint density at radius 2 is 1.40 bits per heavy atom. The molecule has 25 heavy (non-hydrogen) atoms. The quantitative estimate of drug-likeness (QED) is 0.371. The second-order valence-corrected chi connectivity index (χ2v) is 6.47. The van der Waals surface area contributed by atoms with E-state index in [0.717, 1.165) is 21.3 Å². The molecule has 1 unspecified atom stereocenters. The van der Waals surface area contributed by atoms with Crippen molar-refractivity contribution in [2.45, 2.75) is 6.10 Å². The van der Waals surface area contributed by atoms with E-state index in [9.17, 15) is 0 Å². The number of alkyl halides is 1. The minimum absolute atomic E-state index is 0.0969. The predicted octanol–water partition coefficient (Wildman–Crippen LogP) is 7.13. The summed E-state index contributed by atoms with van der Waals surface area (Å²) in [6, 6.07) is 26.9. The third-order valence-electron chi connectivity index (χ3n) is 4.04. The van der Waals surface area contributed by atoms with Gasteiger partial charge in [-0.25, -0.2) is 0 Å². The highest BCUT2D eigenvalue weighted by Crippen LogP contribution is 2.42. The van der Waals surface area contributed by atoms with E-state index in [1.807, 2.05) is 30.1 Å². The Bertz CT molecular complexity index is 855. The molecule has 0 amide bonds. The van der Waals surface area contributed by atoms with Gasteiger partial charge >= 0.3 is 0 Å². The number of hydrogen-bond acceptors (Lipinski definition) is 1. The number of ether oxygens (including phenoxy) is 1. The molecule has 0 fully saturated rings. The molecule has 0 radical (unpaired) electrons. The highest BCUT2D eigenvalue weighted by Gasteiger charge is 2.25. The lowest BCUT2D eigenvalue weighted by molar-refractivity contribution is 0.261. The molecule has 0 N–H and O–H groups in total. The Morgan fingerprint density at radius 3 is 2.12 bits per heavy atom. The van der Waals surface area contributed by atoms with Crippen molar-refractivity contribution in [3.8, 4) is 5.75 Å². The third kappa shape index (κ3) is 4.05. The first-order valence-corrected chi connectivity index (χ1v) is 10.3. The van der Waals surface area contributed by atoms with Crippen molar-refractivity contribution in [3.05, 3.63) is 100 Å². The molecular formula is C22H18Br2O. The van der Waals surface area contributed by atoms with Gasteiger partial charge in [-0.3, -0.25) is 0 Å². The van der Waals surface area contributed by atoms with Gasteiger partial charge in [0.05, 0.1) is 0 Å². The Morgan fingerprint density at radius 1 is 0.760 bits per heavy atom. The fourth-order valence-corrected chi connectivity index (χ4v) is 3.16. The maximum atomic E-state index is 6.34. The summed E-state index contributed by atoms with van der Waals surface area (Å²) in [4.78, 5) is 0. The normalized spacial score (nSPS) is 15.2. The summed E-state index contributed by atoms with van der Waals surface area (Å²) in [5.74, 6) is 2.74. The van der Waals surface area contributed by atoms with Gasteiger partial charge in [0.15, 0.2) is 0 Å². The summed E-state index contributed by atoms with van der Waals surface area (Å²) in [6.45, 7) is 0. The number of benzene rings is 3. The zero-order valence-electron chi connectivity index (χ0n) is 13.8. The van der Waals surface area contributed by atoms with Gasteiger partial charge in [0.25, 0.3) is 0 Å². The van der Waals surface area contributed by atoms with Crippen LogP contribution in [0.5, 0.6) is 5.75 Å². The second kappa shape index (κ2) is 8.50. The van der Waals surface area contributed by atoms with E-state index < -0.39 is 0 Å². The van der Waals surface area contributed by atoms with Crippen molar-refractivity contribution < 1.29 is 4.74 Å². The first-order chi connectivity index (χ1) is 12.3. The molecule has 0 saturated heterocycles. The number of fused-ring (bicyclic) bond motifs is 1. The molecule has 0 saturated carbocycles. The van der Waals surface area contributed by atoms with Crippen molar-refractivity contribution >= 4 is 43.5 Å². The number of hydrogen-bond donors (Lipinski definition) is 0. The molecule has 1 heterocycles. The van der Waals surface area contributed by atoms with Crippen molar-refractivity contribution in [2.24, 2.45) is 0 Å². The number of halogens is 2. The fourth-order valence-electron chi connectivity index (χ4n) is 2.89. The van der Waals surface area contributed by atoms with Gasteiger partial charge < -0.3 is 4.74 Å². The monoisotopic (exact) mass is 456 g/mol. The van der Waals surface area contributed by atoms with E-state index in [4.69, 9.17) is 4.74 Å². The molecule has 3 aromatic carbocycles. The lowest BCUT2D eigenvalue weighted by Crippen LogP contribution is -2.14. The van der Waals surface area contributed by atoms with Crippen LogP contribution in [-0.4, -0.2) is 5.83 Å². The topological polar surface area (TPSA) is 9.23 Å². The summed E-state index contributed by atoms with van der Waals surface area (Å²) in [5, 5.41) is 0. The predicted molar refractivity (Wildman–Crippen MR) is 113 cm³/mol. The smallest absolute Gasteiger partial charge is 0.149 e. The van der Waals surface area contributed by atoms with E-state index in [-0.39, 0.29) is 6.10 Å². The van der Waals surface area contributed by atoms with E-state index in [0.29, 0.717) is 0 Å². The lowest BCUT2D eigenvalue weighted by Gasteiger charge is -2.28. The average molecular weight is 458 g/mol. The van der Waals surface area contributed by atoms with Gasteiger partial charge in [-0.15, -0.1) is 0 Å². The van der Waals surface area contributed by atoms with Crippen molar-refractivity contribution in [2.75, 3.05) is 5.83 Å². The summed E-state index contributed by atoms with van der Waals surface area (Å²) in [6.07, 6.45) is 2.14. The molecule has 4 rings (SSSR count). The van der Waals surface area contributed by atoms with Crippen LogP contribution in [0.4, 0.5) is 0 Å². The van der Waals surface area contributed by atoms with Crippen molar-refractivity contribution in [1.29, 1.82) is 0 Å². The zero-order chi connectivity index (χ0) is 17.6. The molecule has 126 valence electrons. The van der Waals surface area contributed by atoms with Crippen LogP contribution in [-0.2, 0) is 0 Å².